The first-order valence-corrected chi connectivity index (χ1v) is 9.84. The van der Waals surface area contributed by atoms with Crippen LogP contribution in [0.1, 0.15) is 24.8 Å². The predicted octanol–water partition coefficient (Wildman–Crippen LogP) is 5.31. The average Bonchev–Trinajstić information content (AvgIpc) is 3.14. The van der Waals surface area contributed by atoms with E-state index in [2.05, 4.69) is 61.6 Å². The van der Waals surface area contributed by atoms with Crippen molar-refractivity contribution < 1.29 is 0 Å². The molecule has 0 amide bonds. The van der Waals surface area contributed by atoms with Crippen molar-refractivity contribution in [2.75, 3.05) is 26.9 Å². The first-order chi connectivity index (χ1) is 11.2. The molecule has 2 atom stereocenters. The van der Waals surface area contributed by atoms with Crippen LogP contribution >= 0.6 is 11.8 Å². The van der Waals surface area contributed by atoms with Gasteiger partial charge in [-0.3, -0.25) is 0 Å². The molecule has 120 valence electrons. The topological polar surface area (TPSA) is 3.24 Å². The molecular formula is C21H25NS. The Balaban J connectivity index is 1.79. The zero-order chi connectivity index (χ0) is 16.0. The monoisotopic (exact) mass is 323 g/mol. The fourth-order valence-electron chi connectivity index (χ4n) is 4.54. The molecule has 2 aliphatic rings. The Bertz CT molecular complexity index is 775. The minimum Gasteiger partial charge on any atom is -0.305 e. The maximum Gasteiger partial charge on any atom is 0.0195 e. The van der Waals surface area contributed by atoms with Crippen molar-refractivity contribution in [2.45, 2.75) is 24.2 Å². The van der Waals surface area contributed by atoms with Crippen molar-refractivity contribution in [3.8, 4) is 0 Å². The molecule has 1 saturated carbocycles. The molecule has 4 rings (SSSR count). The number of fused-ring (bicyclic) bond motifs is 3. The van der Waals surface area contributed by atoms with E-state index in [4.69, 9.17) is 0 Å². The number of hydrogen-bond acceptors (Lipinski definition) is 2. The van der Waals surface area contributed by atoms with Crippen LogP contribution in [0.2, 0.25) is 0 Å². The second-order valence-corrected chi connectivity index (χ2v) is 8.19. The van der Waals surface area contributed by atoms with E-state index in [9.17, 15) is 0 Å². The molecule has 2 aliphatic carbocycles. The summed E-state index contributed by atoms with van der Waals surface area (Å²) in [5, 5.41) is 2.73. The van der Waals surface area contributed by atoms with Crippen molar-refractivity contribution in [1.82, 2.24) is 4.90 Å². The van der Waals surface area contributed by atoms with Gasteiger partial charge in [-0.15, -0.1) is 11.8 Å². The Morgan fingerprint density at radius 2 is 1.74 bits per heavy atom. The maximum absolute atomic E-state index is 2.42. The molecule has 0 radical (unpaired) electrons. The molecule has 0 aromatic heterocycles. The van der Waals surface area contributed by atoms with Crippen LogP contribution in [0.4, 0.5) is 0 Å². The van der Waals surface area contributed by atoms with Crippen LogP contribution in [-0.4, -0.2) is 31.8 Å². The van der Waals surface area contributed by atoms with Gasteiger partial charge in [0, 0.05) is 11.4 Å². The highest BCUT2D eigenvalue weighted by atomic mass is 32.2. The smallest absolute Gasteiger partial charge is 0.0195 e. The summed E-state index contributed by atoms with van der Waals surface area (Å²) in [5.74, 6) is 1.64. The number of nitrogens with zero attached hydrogens (tertiary/aromatic N) is 1. The normalized spacial score (nSPS) is 23.5. The van der Waals surface area contributed by atoms with Crippen LogP contribution in [-0.2, 0) is 0 Å². The Hall–Kier alpha value is -1.25. The summed E-state index contributed by atoms with van der Waals surface area (Å²) in [6, 6.07) is 13.9. The lowest BCUT2D eigenvalue weighted by molar-refractivity contribution is 0.423. The highest BCUT2D eigenvalue weighted by Crippen LogP contribution is 2.52. The number of hydrogen-bond donors (Lipinski definition) is 0. The van der Waals surface area contributed by atoms with Crippen LogP contribution < -0.4 is 0 Å². The van der Waals surface area contributed by atoms with Crippen LogP contribution in [0.3, 0.4) is 0 Å². The number of likely N-dealkylation sites (N-methyl/N-ethyl adjacent to an activating group) is 1. The van der Waals surface area contributed by atoms with E-state index < -0.39 is 0 Å². The van der Waals surface area contributed by atoms with Gasteiger partial charge in [-0.05, 0) is 97.1 Å². The molecule has 0 N–H and O–H groups in total. The first-order valence-electron chi connectivity index (χ1n) is 8.61. The van der Waals surface area contributed by atoms with Crippen molar-refractivity contribution in [2.24, 2.45) is 11.8 Å². The molecule has 2 aromatic carbocycles. The predicted molar refractivity (Wildman–Crippen MR) is 102 cm³/mol. The summed E-state index contributed by atoms with van der Waals surface area (Å²) in [7, 11) is 4.39. The van der Waals surface area contributed by atoms with Gasteiger partial charge in [-0.2, -0.15) is 0 Å². The van der Waals surface area contributed by atoms with E-state index in [0.29, 0.717) is 0 Å². The lowest BCUT2D eigenvalue weighted by atomic mass is 9.86. The molecule has 0 heterocycles. The second kappa shape index (κ2) is 5.99. The van der Waals surface area contributed by atoms with E-state index in [1.807, 2.05) is 11.8 Å². The molecule has 1 fully saturated rings. The number of allylic oxidation sites excluding steroid dienone is 1. The molecule has 2 heteroatoms. The lowest BCUT2D eigenvalue weighted by Crippen LogP contribution is -2.19. The third-order valence-electron chi connectivity index (χ3n) is 5.52. The molecule has 2 unspecified atom stereocenters. The molecule has 0 aliphatic heterocycles. The average molecular weight is 324 g/mol. The fourth-order valence-corrected chi connectivity index (χ4v) is 4.99. The second-order valence-electron chi connectivity index (χ2n) is 7.31. The number of benzene rings is 2. The molecule has 0 saturated heterocycles. The van der Waals surface area contributed by atoms with E-state index in [0.717, 1.165) is 18.4 Å². The van der Waals surface area contributed by atoms with Crippen molar-refractivity contribution in [1.29, 1.82) is 0 Å². The Kier molecular flexibility index (Phi) is 3.98. The summed E-state index contributed by atoms with van der Waals surface area (Å²) >= 11 is 1.82. The summed E-state index contributed by atoms with van der Waals surface area (Å²) in [5.41, 5.74) is 4.86. The highest BCUT2D eigenvalue weighted by molar-refractivity contribution is 7.98. The van der Waals surface area contributed by atoms with Gasteiger partial charge in [0.25, 0.3) is 0 Å². The summed E-state index contributed by atoms with van der Waals surface area (Å²) in [6.45, 7) is 1.12. The third kappa shape index (κ3) is 2.72. The fraction of sp³-hybridized carbons (Fsp3) is 0.429. The van der Waals surface area contributed by atoms with Gasteiger partial charge in [-0.25, -0.2) is 0 Å². The SMILES string of the molecule is CSc1ccc2cc(C3=C(CN(C)C)C4CCC3C4)ccc2c1. The largest absolute Gasteiger partial charge is 0.305 e. The molecule has 23 heavy (non-hydrogen) atoms. The van der Waals surface area contributed by atoms with E-state index >= 15 is 0 Å². The van der Waals surface area contributed by atoms with Crippen molar-refractivity contribution >= 4 is 28.1 Å². The Morgan fingerprint density at radius 3 is 2.52 bits per heavy atom. The minimum absolute atomic E-state index is 0.804. The van der Waals surface area contributed by atoms with Crippen molar-refractivity contribution in [3.05, 3.63) is 47.5 Å². The minimum atomic E-state index is 0.804. The van der Waals surface area contributed by atoms with Crippen LogP contribution in [0, 0.1) is 11.8 Å². The van der Waals surface area contributed by atoms with E-state index in [-0.39, 0.29) is 0 Å². The van der Waals surface area contributed by atoms with Gasteiger partial charge in [0.05, 0.1) is 0 Å². The Morgan fingerprint density at radius 1 is 1.00 bits per heavy atom. The summed E-state index contributed by atoms with van der Waals surface area (Å²) in [4.78, 5) is 3.68. The molecule has 0 spiro atoms. The van der Waals surface area contributed by atoms with Gasteiger partial charge in [-0.1, -0.05) is 18.2 Å². The quantitative estimate of drug-likeness (QED) is 0.702. The third-order valence-corrected chi connectivity index (χ3v) is 6.25. The van der Waals surface area contributed by atoms with Gasteiger partial charge in [0.2, 0.25) is 0 Å². The summed E-state index contributed by atoms with van der Waals surface area (Å²) < 4.78 is 0. The lowest BCUT2D eigenvalue weighted by Gasteiger charge is -2.23. The van der Waals surface area contributed by atoms with Gasteiger partial charge in [0.1, 0.15) is 0 Å². The molecule has 1 nitrogen and oxygen atoms in total. The van der Waals surface area contributed by atoms with Gasteiger partial charge < -0.3 is 4.90 Å². The van der Waals surface area contributed by atoms with Gasteiger partial charge in [0.15, 0.2) is 0 Å². The first kappa shape index (κ1) is 15.3. The van der Waals surface area contributed by atoms with E-state index in [1.165, 1.54) is 40.5 Å². The zero-order valence-corrected chi connectivity index (χ0v) is 15.1. The zero-order valence-electron chi connectivity index (χ0n) is 14.3. The number of thioether (sulfide) groups is 1. The van der Waals surface area contributed by atoms with Crippen LogP contribution in [0.15, 0.2) is 46.9 Å². The summed E-state index contributed by atoms with van der Waals surface area (Å²) in [6.07, 6.45) is 6.33. The Labute approximate surface area is 143 Å². The van der Waals surface area contributed by atoms with Crippen molar-refractivity contribution in [3.63, 3.8) is 0 Å². The molecular weight excluding hydrogens is 298 g/mol. The highest BCUT2D eigenvalue weighted by Gasteiger charge is 2.39. The van der Waals surface area contributed by atoms with Gasteiger partial charge >= 0.3 is 0 Å². The number of rotatable bonds is 4. The molecule has 2 aromatic rings. The van der Waals surface area contributed by atoms with Crippen LogP contribution in [0.25, 0.3) is 16.3 Å². The van der Waals surface area contributed by atoms with E-state index in [1.54, 1.807) is 11.1 Å². The molecule has 2 bridgehead atoms. The maximum atomic E-state index is 2.42. The van der Waals surface area contributed by atoms with Crippen LogP contribution in [0.5, 0.6) is 0 Å². The standard InChI is InChI=1S/C21H25NS/c1-22(2)13-20-16-5-7-18(11-16)21(20)17-6-4-15-12-19(23-3)9-8-14(15)10-17/h4,6,8-10,12,16,18H,5,7,11,13H2,1-3H3.